The highest BCUT2D eigenvalue weighted by Crippen LogP contribution is 2.47. The molecule has 9 nitrogen and oxygen atoms in total. The summed E-state index contributed by atoms with van der Waals surface area (Å²) in [5.74, 6) is 0.991. The molecule has 7 rings (SSSR count). The first kappa shape index (κ1) is 33.6. The zero-order valence-electron chi connectivity index (χ0n) is 29.0. The van der Waals surface area contributed by atoms with E-state index in [0.717, 1.165) is 41.0 Å². The molecule has 0 saturated carbocycles. The Morgan fingerprint density at radius 2 is 1.74 bits per heavy atom. The third kappa shape index (κ3) is 6.55. The van der Waals surface area contributed by atoms with Gasteiger partial charge in [0.25, 0.3) is 0 Å². The van der Waals surface area contributed by atoms with Crippen molar-refractivity contribution in [2.45, 2.75) is 52.2 Å². The van der Waals surface area contributed by atoms with Gasteiger partial charge in [-0.05, 0) is 70.4 Å². The van der Waals surface area contributed by atoms with E-state index < -0.39 is 17.7 Å². The topological polar surface area (TPSA) is 87.4 Å². The van der Waals surface area contributed by atoms with Gasteiger partial charge < -0.3 is 23.8 Å². The van der Waals surface area contributed by atoms with Crippen molar-refractivity contribution in [1.82, 2.24) is 14.6 Å². The Bertz CT molecular complexity index is 2100. The van der Waals surface area contributed by atoms with Crippen molar-refractivity contribution in [2.24, 2.45) is 0 Å². The Hall–Kier alpha value is -4.86. The van der Waals surface area contributed by atoms with Gasteiger partial charge in [0.1, 0.15) is 18.1 Å². The molecule has 0 spiro atoms. The molecule has 2 aliphatic rings. The predicted molar refractivity (Wildman–Crippen MR) is 196 cm³/mol. The van der Waals surface area contributed by atoms with Crippen LogP contribution in [0.1, 0.15) is 51.0 Å². The van der Waals surface area contributed by atoms with Crippen LogP contribution in [0.2, 0.25) is 5.02 Å². The molecule has 0 unspecified atom stereocenters. The zero-order chi connectivity index (χ0) is 35.0. The SMILES string of the molecule is COC(=O)[C@@H](OC(C)(C)C)c1c(C)nc2cc3nn2c1-c1ccc2c(c1Cl)N(CC=CCCCOc1ccccc1-c1cccc-3c1)CCO2. The molecule has 4 heterocycles. The summed E-state index contributed by atoms with van der Waals surface area (Å²) in [6, 6.07) is 22.2. The number of methoxy groups -OCH3 is 1. The van der Waals surface area contributed by atoms with Crippen molar-refractivity contribution in [3.8, 4) is 45.1 Å². The number of benzene rings is 3. The summed E-state index contributed by atoms with van der Waals surface area (Å²) in [4.78, 5) is 20.8. The summed E-state index contributed by atoms with van der Waals surface area (Å²) >= 11 is 7.43. The maximum atomic E-state index is 13.6. The molecule has 0 aliphatic carbocycles. The van der Waals surface area contributed by atoms with Gasteiger partial charge in [0.15, 0.2) is 11.8 Å². The second-order valence-corrected chi connectivity index (χ2v) is 13.9. The standard InChI is InChI=1S/C40H41ClN4O5/c1-25-34(38(39(46)47-5)50-40(2,3)4)36-29-17-18-32-37(35(29)41)44(20-22-49-32)19-10-6-7-11-21-48-31-16-9-8-15-28(31)26-13-12-14-27(23-26)30-24-33(42-25)45(36)43-30/h6,8-10,12-18,23-24,38H,7,11,19-22H2,1-5H3/t38-/m0/s1. The fourth-order valence-electron chi connectivity index (χ4n) is 6.61. The Morgan fingerprint density at radius 1 is 0.940 bits per heavy atom. The van der Waals surface area contributed by atoms with Crippen molar-refractivity contribution < 1.29 is 23.7 Å². The van der Waals surface area contributed by atoms with Crippen molar-refractivity contribution >= 4 is 28.9 Å². The molecule has 1 atom stereocenters. The van der Waals surface area contributed by atoms with Crippen LogP contribution in [0.4, 0.5) is 5.69 Å². The van der Waals surface area contributed by atoms with Gasteiger partial charge in [-0.25, -0.2) is 14.3 Å². The summed E-state index contributed by atoms with van der Waals surface area (Å²) < 4.78 is 25.9. The van der Waals surface area contributed by atoms with Gasteiger partial charge in [-0.15, -0.1) is 0 Å². The Labute approximate surface area is 297 Å². The average Bonchev–Trinajstić information content (AvgIpc) is 3.53. The highest BCUT2D eigenvalue weighted by atomic mass is 35.5. The maximum Gasteiger partial charge on any atom is 0.339 e. The summed E-state index contributed by atoms with van der Waals surface area (Å²) in [6.45, 7) is 10.0. The smallest absolute Gasteiger partial charge is 0.339 e. The molecular formula is C40H41ClN4O5. The Kier molecular flexibility index (Phi) is 9.28. The summed E-state index contributed by atoms with van der Waals surface area (Å²) in [5.41, 5.74) is 6.72. The van der Waals surface area contributed by atoms with Crippen molar-refractivity contribution in [3.63, 3.8) is 0 Å². The second-order valence-electron chi connectivity index (χ2n) is 13.5. The van der Waals surface area contributed by atoms with E-state index in [2.05, 4.69) is 35.3 Å². The van der Waals surface area contributed by atoms with Gasteiger partial charge in [0.2, 0.25) is 0 Å². The quantitative estimate of drug-likeness (QED) is 0.137. The average molecular weight is 693 g/mol. The van der Waals surface area contributed by atoms with E-state index >= 15 is 0 Å². The third-order valence-corrected chi connectivity index (χ3v) is 9.25. The van der Waals surface area contributed by atoms with Gasteiger partial charge in [-0.1, -0.05) is 60.2 Å². The first-order valence-electron chi connectivity index (χ1n) is 17.0. The number of rotatable bonds is 3. The molecule has 0 saturated heterocycles. The minimum absolute atomic E-state index is 0.488. The van der Waals surface area contributed by atoms with Crippen molar-refractivity contribution in [2.75, 3.05) is 38.3 Å². The van der Waals surface area contributed by atoms with Gasteiger partial charge in [-0.2, -0.15) is 5.10 Å². The lowest BCUT2D eigenvalue weighted by molar-refractivity contribution is -0.164. The Balaban J connectivity index is 1.51. The normalized spacial score (nSPS) is 15.2. The van der Waals surface area contributed by atoms with Crippen LogP contribution in [0.15, 0.2) is 78.9 Å². The van der Waals surface area contributed by atoms with E-state index in [1.165, 1.54) is 7.11 Å². The number of anilines is 1. The van der Waals surface area contributed by atoms with Crippen LogP contribution >= 0.6 is 11.6 Å². The number of esters is 1. The number of para-hydroxylation sites is 1. The number of hydrogen-bond acceptors (Lipinski definition) is 8. The lowest BCUT2D eigenvalue weighted by atomic mass is 9.97. The fraction of sp³-hybridized carbons (Fsp3) is 0.325. The van der Waals surface area contributed by atoms with E-state index in [-0.39, 0.29) is 0 Å². The molecule has 10 heteroatoms. The molecule has 258 valence electrons. The molecule has 0 fully saturated rings. The van der Waals surface area contributed by atoms with Crippen molar-refractivity contribution in [1.29, 1.82) is 0 Å². The summed E-state index contributed by atoms with van der Waals surface area (Å²) in [5, 5.41) is 5.64. The number of allylic oxidation sites excluding steroid dienone is 1. The molecule has 3 aromatic carbocycles. The highest BCUT2D eigenvalue weighted by Gasteiger charge is 2.35. The highest BCUT2D eigenvalue weighted by molar-refractivity contribution is 6.36. The van der Waals surface area contributed by atoms with Gasteiger partial charge in [-0.3, -0.25) is 0 Å². The number of halogens is 1. The lowest BCUT2D eigenvalue weighted by Gasteiger charge is -2.32. The number of aryl methyl sites for hydroxylation is 1. The van der Waals surface area contributed by atoms with Crippen molar-refractivity contribution in [3.05, 3.63) is 95.2 Å². The van der Waals surface area contributed by atoms with E-state index in [0.29, 0.717) is 70.9 Å². The molecule has 6 bridgehead atoms. The van der Waals surface area contributed by atoms with Crippen LogP contribution in [0.5, 0.6) is 11.5 Å². The van der Waals surface area contributed by atoms with Crippen LogP contribution in [0.25, 0.3) is 39.3 Å². The number of aromatic nitrogens is 3. The minimum Gasteiger partial charge on any atom is -0.493 e. The lowest BCUT2D eigenvalue weighted by Crippen LogP contribution is -2.33. The first-order chi connectivity index (χ1) is 24.1. The number of fused-ring (bicyclic) bond motifs is 8. The summed E-state index contributed by atoms with van der Waals surface area (Å²) in [7, 11) is 1.36. The Morgan fingerprint density at radius 3 is 2.56 bits per heavy atom. The van der Waals surface area contributed by atoms with E-state index in [1.54, 1.807) is 4.52 Å². The van der Waals surface area contributed by atoms with E-state index in [9.17, 15) is 4.79 Å². The first-order valence-corrected chi connectivity index (χ1v) is 17.3. The second kappa shape index (κ2) is 13.8. The number of nitrogens with zero attached hydrogens (tertiary/aromatic N) is 4. The molecule has 5 aromatic rings. The number of carbonyl (C=O) groups is 1. The predicted octanol–water partition coefficient (Wildman–Crippen LogP) is 8.65. The van der Waals surface area contributed by atoms with Gasteiger partial charge in [0.05, 0.1) is 48.0 Å². The number of ether oxygens (including phenoxy) is 4. The summed E-state index contributed by atoms with van der Waals surface area (Å²) in [6.07, 6.45) is 5.01. The molecule has 2 aliphatic heterocycles. The van der Waals surface area contributed by atoms with Crippen LogP contribution in [0, 0.1) is 6.92 Å². The fourth-order valence-corrected chi connectivity index (χ4v) is 6.98. The van der Waals surface area contributed by atoms with Gasteiger partial charge >= 0.3 is 5.97 Å². The number of hydrogen-bond donors (Lipinski definition) is 0. The maximum absolute atomic E-state index is 13.6. The molecular weight excluding hydrogens is 652 g/mol. The van der Waals surface area contributed by atoms with Gasteiger partial charge in [0, 0.05) is 40.6 Å². The van der Waals surface area contributed by atoms with Crippen LogP contribution in [0.3, 0.4) is 0 Å². The molecule has 50 heavy (non-hydrogen) atoms. The van der Waals surface area contributed by atoms with E-state index in [4.69, 9.17) is 40.6 Å². The molecule has 0 radical (unpaired) electrons. The third-order valence-electron chi connectivity index (χ3n) is 8.87. The molecule has 0 amide bonds. The van der Waals surface area contributed by atoms with Crippen LogP contribution < -0.4 is 14.4 Å². The van der Waals surface area contributed by atoms with E-state index in [1.807, 2.05) is 76.2 Å². The molecule has 2 aromatic heterocycles. The monoisotopic (exact) mass is 692 g/mol. The largest absolute Gasteiger partial charge is 0.493 e. The number of carbonyl (C=O) groups excluding carboxylic acids is 1. The minimum atomic E-state index is -1.10. The van der Waals surface area contributed by atoms with Crippen LogP contribution in [-0.4, -0.2) is 59.6 Å². The van der Waals surface area contributed by atoms with Crippen LogP contribution in [-0.2, 0) is 14.3 Å². The molecule has 0 N–H and O–H groups in total. The zero-order valence-corrected chi connectivity index (χ0v) is 29.8.